The number of hydrogen-bond acceptors (Lipinski definition) is 2. The average Bonchev–Trinajstić information content (AvgIpc) is 2.44. The molecule has 0 bridgehead atoms. The Morgan fingerprint density at radius 1 is 0.800 bits per heavy atom. The van der Waals surface area contributed by atoms with Crippen LogP contribution in [0.2, 0.25) is 0 Å². The number of phosphoric acid groups is 1. The van der Waals surface area contributed by atoms with E-state index >= 15 is 0 Å². The van der Waals surface area contributed by atoms with E-state index in [-0.39, 0.29) is 16.6 Å². The fourth-order valence-corrected chi connectivity index (χ4v) is 3.58. The van der Waals surface area contributed by atoms with Crippen LogP contribution in [0, 0.1) is 0 Å². The van der Waals surface area contributed by atoms with Crippen molar-refractivity contribution < 1.29 is 18.9 Å². The second-order valence-electron chi connectivity index (χ2n) is 8.31. The van der Waals surface area contributed by atoms with Gasteiger partial charge in [-0.2, -0.15) is 0 Å². The summed E-state index contributed by atoms with van der Waals surface area (Å²) < 4.78 is 16.5. The Morgan fingerprint density at radius 2 is 1.32 bits per heavy atom. The molecule has 0 saturated heterocycles. The molecule has 25 heavy (non-hydrogen) atoms. The predicted molar refractivity (Wildman–Crippen MR) is 102 cm³/mol. The van der Waals surface area contributed by atoms with Gasteiger partial charge in [0.15, 0.2) is 0 Å². The first kappa shape index (κ1) is 19.7. The molecule has 0 aliphatic heterocycles. The maximum Gasteiger partial charge on any atom is 0.524 e. The minimum Gasteiger partial charge on any atom is -0.404 e. The summed E-state index contributed by atoms with van der Waals surface area (Å²) in [5.41, 5.74) is 3.40. The SMILES string of the molecule is CC(C)(C)c1c(OP(=O)(O)O)ccc(-c2ccccc2)c1C(C)(C)C. The van der Waals surface area contributed by atoms with E-state index in [9.17, 15) is 14.4 Å². The highest BCUT2D eigenvalue weighted by atomic mass is 31.2. The van der Waals surface area contributed by atoms with Gasteiger partial charge < -0.3 is 4.52 Å². The van der Waals surface area contributed by atoms with Gasteiger partial charge in [-0.1, -0.05) is 77.9 Å². The Hall–Kier alpha value is -1.61. The molecule has 2 rings (SSSR count). The normalized spacial score (nSPS) is 13.0. The molecule has 2 aromatic carbocycles. The Balaban J connectivity index is 2.88. The third-order valence-corrected chi connectivity index (χ3v) is 4.40. The van der Waals surface area contributed by atoms with E-state index in [0.29, 0.717) is 0 Å². The molecule has 0 aliphatic rings. The van der Waals surface area contributed by atoms with E-state index < -0.39 is 7.82 Å². The Bertz CT molecular complexity index is 793. The van der Waals surface area contributed by atoms with E-state index in [0.717, 1.165) is 22.3 Å². The van der Waals surface area contributed by atoms with Crippen molar-refractivity contribution in [2.45, 2.75) is 52.4 Å². The number of rotatable bonds is 3. The summed E-state index contributed by atoms with van der Waals surface area (Å²) in [5, 5.41) is 0. The molecule has 0 unspecified atom stereocenters. The van der Waals surface area contributed by atoms with Crippen LogP contribution in [-0.4, -0.2) is 9.79 Å². The van der Waals surface area contributed by atoms with Crippen LogP contribution in [0.4, 0.5) is 0 Å². The molecule has 0 aromatic heterocycles. The largest absolute Gasteiger partial charge is 0.524 e. The smallest absolute Gasteiger partial charge is 0.404 e. The maximum atomic E-state index is 11.5. The van der Waals surface area contributed by atoms with Crippen molar-refractivity contribution in [3.63, 3.8) is 0 Å². The monoisotopic (exact) mass is 362 g/mol. The van der Waals surface area contributed by atoms with Crippen molar-refractivity contribution >= 4 is 7.82 Å². The highest BCUT2D eigenvalue weighted by molar-refractivity contribution is 7.46. The first-order valence-electron chi connectivity index (χ1n) is 8.29. The highest BCUT2D eigenvalue weighted by Crippen LogP contribution is 2.48. The van der Waals surface area contributed by atoms with Crippen LogP contribution in [0.3, 0.4) is 0 Å². The Labute approximate surface area is 150 Å². The summed E-state index contributed by atoms with van der Waals surface area (Å²) in [7, 11) is -4.64. The van der Waals surface area contributed by atoms with Gasteiger partial charge in [0, 0.05) is 5.56 Å². The lowest BCUT2D eigenvalue weighted by Crippen LogP contribution is -2.24. The topological polar surface area (TPSA) is 66.8 Å². The van der Waals surface area contributed by atoms with Crippen molar-refractivity contribution in [2.24, 2.45) is 0 Å². The second kappa shape index (κ2) is 6.60. The summed E-state index contributed by atoms with van der Waals surface area (Å²) in [5.74, 6) is 0.241. The molecule has 5 heteroatoms. The number of benzene rings is 2. The average molecular weight is 362 g/mol. The van der Waals surface area contributed by atoms with Gasteiger partial charge in [-0.15, -0.1) is 0 Å². The van der Waals surface area contributed by atoms with Gasteiger partial charge in [-0.25, -0.2) is 4.57 Å². The summed E-state index contributed by atoms with van der Waals surface area (Å²) in [6.07, 6.45) is 0. The van der Waals surface area contributed by atoms with Crippen LogP contribution >= 0.6 is 7.82 Å². The zero-order valence-electron chi connectivity index (χ0n) is 15.7. The van der Waals surface area contributed by atoms with Crippen molar-refractivity contribution in [1.82, 2.24) is 0 Å². The van der Waals surface area contributed by atoms with Crippen molar-refractivity contribution in [3.05, 3.63) is 53.6 Å². The fraction of sp³-hybridized carbons (Fsp3) is 0.400. The predicted octanol–water partition coefficient (Wildman–Crippen LogP) is 5.42. The van der Waals surface area contributed by atoms with Gasteiger partial charge in [0.2, 0.25) is 0 Å². The van der Waals surface area contributed by atoms with Crippen LogP contribution in [-0.2, 0) is 15.4 Å². The molecule has 2 N–H and O–H groups in total. The third-order valence-electron chi connectivity index (χ3n) is 3.97. The van der Waals surface area contributed by atoms with Crippen molar-refractivity contribution in [1.29, 1.82) is 0 Å². The lowest BCUT2D eigenvalue weighted by atomic mass is 9.72. The van der Waals surface area contributed by atoms with Crippen LogP contribution in [0.1, 0.15) is 52.7 Å². The van der Waals surface area contributed by atoms with Crippen LogP contribution in [0.5, 0.6) is 5.75 Å². The lowest BCUT2D eigenvalue weighted by molar-refractivity contribution is 0.280. The van der Waals surface area contributed by atoms with Crippen molar-refractivity contribution in [2.75, 3.05) is 0 Å². The minimum absolute atomic E-state index is 0.234. The quantitative estimate of drug-likeness (QED) is 0.716. The van der Waals surface area contributed by atoms with Gasteiger partial charge in [0.05, 0.1) is 0 Å². The molecule has 2 aromatic rings. The molecule has 0 heterocycles. The van der Waals surface area contributed by atoms with E-state index in [2.05, 4.69) is 20.8 Å². The first-order valence-corrected chi connectivity index (χ1v) is 9.82. The molecule has 0 aliphatic carbocycles. The van der Waals surface area contributed by atoms with Gasteiger partial charge >= 0.3 is 7.82 Å². The summed E-state index contributed by atoms with van der Waals surface area (Å²) >= 11 is 0. The third kappa shape index (κ3) is 4.72. The Kier molecular flexibility index (Phi) is 5.21. The first-order chi connectivity index (χ1) is 11.3. The molecule has 136 valence electrons. The van der Waals surface area contributed by atoms with Crippen LogP contribution in [0.25, 0.3) is 11.1 Å². The molecule has 0 radical (unpaired) electrons. The Morgan fingerprint density at radius 3 is 1.76 bits per heavy atom. The molecule has 0 amide bonds. The molecule has 4 nitrogen and oxygen atoms in total. The molecule has 0 saturated carbocycles. The fourth-order valence-electron chi connectivity index (χ4n) is 3.17. The van der Waals surface area contributed by atoms with Gasteiger partial charge in [0.1, 0.15) is 5.75 Å². The summed E-state index contributed by atoms with van der Waals surface area (Å²) in [6.45, 7) is 12.4. The van der Waals surface area contributed by atoms with Gasteiger partial charge in [0.25, 0.3) is 0 Å². The van der Waals surface area contributed by atoms with E-state index in [1.165, 1.54) is 0 Å². The van der Waals surface area contributed by atoms with Gasteiger partial charge in [-0.05, 0) is 33.6 Å². The zero-order valence-corrected chi connectivity index (χ0v) is 16.6. The molecular weight excluding hydrogens is 335 g/mol. The zero-order chi connectivity index (χ0) is 19.0. The van der Waals surface area contributed by atoms with Crippen LogP contribution < -0.4 is 4.52 Å². The lowest BCUT2D eigenvalue weighted by Gasteiger charge is -2.34. The molecule has 0 atom stereocenters. The second-order valence-corrected chi connectivity index (χ2v) is 9.47. The minimum atomic E-state index is -4.64. The molecular formula is C20H27O4P. The summed E-state index contributed by atoms with van der Waals surface area (Å²) in [6, 6.07) is 13.6. The van der Waals surface area contributed by atoms with E-state index in [4.69, 9.17) is 4.52 Å². The van der Waals surface area contributed by atoms with Gasteiger partial charge in [-0.3, -0.25) is 9.79 Å². The highest BCUT2D eigenvalue weighted by Gasteiger charge is 2.33. The number of phosphoric ester groups is 1. The maximum absolute atomic E-state index is 11.5. The molecule has 0 fully saturated rings. The van der Waals surface area contributed by atoms with E-state index in [1.54, 1.807) is 6.07 Å². The standard InChI is InChI=1S/C20H27O4P/c1-19(2,3)17-15(14-10-8-7-9-11-14)12-13-16(24-25(21,22)23)18(17)20(4,5)6/h7-13H,1-6H3,(H2,21,22,23). The van der Waals surface area contributed by atoms with E-state index in [1.807, 2.05) is 57.2 Å². The molecule has 0 spiro atoms. The van der Waals surface area contributed by atoms with Crippen molar-refractivity contribution in [3.8, 4) is 16.9 Å². The van der Waals surface area contributed by atoms with Crippen LogP contribution in [0.15, 0.2) is 42.5 Å². The number of hydrogen-bond donors (Lipinski definition) is 2. The summed E-state index contributed by atoms with van der Waals surface area (Å²) in [4.78, 5) is 18.7.